The maximum absolute atomic E-state index is 11.7. The van der Waals surface area contributed by atoms with Crippen LogP contribution in [0.2, 0.25) is 5.02 Å². The molecular weight excluding hydrogens is 290 g/mol. The van der Waals surface area contributed by atoms with E-state index in [4.69, 9.17) is 16.3 Å². The van der Waals surface area contributed by atoms with Crippen LogP contribution in [0.5, 0.6) is 0 Å². The fourth-order valence-electron chi connectivity index (χ4n) is 2.07. The largest absolute Gasteiger partial charge is 0.466 e. The summed E-state index contributed by atoms with van der Waals surface area (Å²) in [6, 6.07) is 11.3. The number of fused-ring (bicyclic) bond motifs is 1. The number of carbonyl (C=O) groups is 2. The van der Waals surface area contributed by atoms with E-state index in [-0.39, 0.29) is 25.4 Å². The molecule has 0 saturated heterocycles. The predicted molar refractivity (Wildman–Crippen MR) is 83.7 cm³/mol. The van der Waals surface area contributed by atoms with Gasteiger partial charge in [0.1, 0.15) is 6.42 Å². The summed E-state index contributed by atoms with van der Waals surface area (Å²) in [5, 5.41) is 5.51. The number of nitrogens with one attached hydrogen (secondary N) is 1. The first-order valence-corrected chi connectivity index (χ1v) is 7.08. The van der Waals surface area contributed by atoms with Crippen molar-refractivity contribution in [1.82, 2.24) is 0 Å². The highest BCUT2D eigenvalue weighted by Crippen LogP contribution is 2.30. The second-order valence-electron chi connectivity index (χ2n) is 4.52. The highest BCUT2D eigenvalue weighted by atomic mass is 35.5. The predicted octanol–water partition coefficient (Wildman–Crippen LogP) is 3.43. The van der Waals surface area contributed by atoms with Gasteiger partial charge in [-0.2, -0.15) is 0 Å². The van der Waals surface area contributed by atoms with Crippen molar-refractivity contribution in [3.8, 4) is 0 Å². The molecule has 0 spiro atoms. The minimum Gasteiger partial charge on any atom is -0.466 e. The number of carbonyl (C=O) groups excluding carboxylic acids is 2. The number of ketones is 1. The molecule has 21 heavy (non-hydrogen) atoms. The summed E-state index contributed by atoms with van der Waals surface area (Å²) in [5.74, 6) is -0.724. The van der Waals surface area contributed by atoms with Crippen LogP contribution in [-0.4, -0.2) is 24.9 Å². The highest BCUT2D eigenvalue weighted by molar-refractivity contribution is 6.36. The zero-order chi connectivity index (χ0) is 15.2. The highest BCUT2D eigenvalue weighted by Gasteiger charge is 2.11. The Balaban J connectivity index is 2.07. The number of halogens is 1. The van der Waals surface area contributed by atoms with Gasteiger partial charge in [-0.05, 0) is 24.4 Å². The number of hydrogen-bond acceptors (Lipinski definition) is 4. The molecule has 0 aromatic heterocycles. The van der Waals surface area contributed by atoms with Gasteiger partial charge in [-0.15, -0.1) is 0 Å². The van der Waals surface area contributed by atoms with Gasteiger partial charge in [0.05, 0.1) is 18.2 Å². The molecule has 0 fully saturated rings. The van der Waals surface area contributed by atoms with E-state index in [9.17, 15) is 9.59 Å². The molecule has 0 bridgehead atoms. The first-order chi connectivity index (χ1) is 10.1. The van der Waals surface area contributed by atoms with Gasteiger partial charge < -0.3 is 10.1 Å². The van der Waals surface area contributed by atoms with Gasteiger partial charge in [-0.3, -0.25) is 9.59 Å². The summed E-state index contributed by atoms with van der Waals surface area (Å²) < 4.78 is 4.75. The second-order valence-corrected chi connectivity index (χ2v) is 4.92. The Bertz CT molecular complexity index is 664. The van der Waals surface area contributed by atoms with Crippen LogP contribution < -0.4 is 5.32 Å². The summed E-state index contributed by atoms with van der Waals surface area (Å²) in [4.78, 5) is 23.0. The van der Waals surface area contributed by atoms with Crippen molar-refractivity contribution in [2.45, 2.75) is 13.3 Å². The Hall–Kier alpha value is -2.07. The summed E-state index contributed by atoms with van der Waals surface area (Å²) in [7, 11) is 0. The lowest BCUT2D eigenvalue weighted by Crippen LogP contribution is -2.19. The molecule has 0 amide bonds. The summed E-state index contributed by atoms with van der Waals surface area (Å²) in [6.45, 7) is 2.04. The van der Waals surface area contributed by atoms with E-state index in [1.807, 2.05) is 30.3 Å². The average molecular weight is 306 g/mol. The molecule has 2 aromatic rings. The van der Waals surface area contributed by atoms with Crippen molar-refractivity contribution >= 4 is 39.8 Å². The van der Waals surface area contributed by atoms with E-state index in [2.05, 4.69) is 5.32 Å². The first-order valence-electron chi connectivity index (χ1n) is 6.70. The average Bonchev–Trinajstić information content (AvgIpc) is 2.45. The number of Topliss-reactive ketones (excluding diaryl/α,β-unsaturated/α-hetero) is 1. The number of anilines is 1. The van der Waals surface area contributed by atoms with Crippen molar-refractivity contribution < 1.29 is 14.3 Å². The minimum absolute atomic E-state index is 0.0587. The smallest absolute Gasteiger partial charge is 0.313 e. The Kier molecular flexibility index (Phi) is 5.17. The molecular formula is C16H16ClNO3. The van der Waals surface area contributed by atoms with E-state index in [1.54, 1.807) is 13.0 Å². The Morgan fingerprint density at radius 2 is 1.90 bits per heavy atom. The van der Waals surface area contributed by atoms with Gasteiger partial charge in [0, 0.05) is 11.1 Å². The molecule has 0 unspecified atom stereocenters. The number of benzene rings is 2. The SMILES string of the molecule is CCOC(=O)CC(=O)CNc1cccc2cccc(Cl)c12. The van der Waals surface area contributed by atoms with Crippen molar-refractivity contribution in [1.29, 1.82) is 0 Å². The van der Waals surface area contributed by atoms with E-state index >= 15 is 0 Å². The first kappa shape index (κ1) is 15.3. The number of rotatable bonds is 6. The van der Waals surface area contributed by atoms with Crippen LogP contribution in [0.4, 0.5) is 5.69 Å². The van der Waals surface area contributed by atoms with E-state index in [1.165, 1.54) is 0 Å². The maximum Gasteiger partial charge on any atom is 0.313 e. The molecule has 2 aromatic carbocycles. The number of hydrogen-bond donors (Lipinski definition) is 1. The molecule has 0 aliphatic carbocycles. The van der Waals surface area contributed by atoms with Crippen molar-refractivity contribution in [3.63, 3.8) is 0 Å². The molecule has 2 rings (SSSR count). The Morgan fingerprint density at radius 3 is 2.62 bits per heavy atom. The van der Waals surface area contributed by atoms with Gasteiger partial charge >= 0.3 is 5.97 Å². The fraction of sp³-hybridized carbons (Fsp3) is 0.250. The van der Waals surface area contributed by atoms with Crippen LogP contribution in [0.1, 0.15) is 13.3 Å². The molecule has 0 heterocycles. The monoisotopic (exact) mass is 305 g/mol. The van der Waals surface area contributed by atoms with Crippen LogP contribution in [-0.2, 0) is 14.3 Å². The van der Waals surface area contributed by atoms with Crippen LogP contribution in [0.25, 0.3) is 10.8 Å². The molecule has 5 heteroatoms. The van der Waals surface area contributed by atoms with Crippen LogP contribution in [0.3, 0.4) is 0 Å². The Labute approximate surface area is 128 Å². The van der Waals surface area contributed by atoms with E-state index in [0.717, 1.165) is 16.5 Å². The third-order valence-electron chi connectivity index (χ3n) is 2.98. The maximum atomic E-state index is 11.7. The van der Waals surface area contributed by atoms with Crippen LogP contribution >= 0.6 is 11.6 Å². The fourth-order valence-corrected chi connectivity index (χ4v) is 2.36. The van der Waals surface area contributed by atoms with Crippen LogP contribution in [0, 0.1) is 0 Å². The molecule has 110 valence electrons. The van der Waals surface area contributed by atoms with Crippen LogP contribution in [0.15, 0.2) is 36.4 Å². The van der Waals surface area contributed by atoms with E-state index < -0.39 is 5.97 Å². The zero-order valence-corrected chi connectivity index (χ0v) is 12.4. The van der Waals surface area contributed by atoms with Crippen molar-refractivity contribution in [3.05, 3.63) is 41.4 Å². The van der Waals surface area contributed by atoms with Gasteiger partial charge in [-0.1, -0.05) is 35.9 Å². The lowest BCUT2D eigenvalue weighted by Gasteiger charge is -2.10. The van der Waals surface area contributed by atoms with Gasteiger partial charge in [0.2, 0.25) is 0 Å². The number of esters is 1. The molecule has 0 atom stereocenters. The lowest BCUT2D eigenvalue weighted by molar-refractivity contribution is -0.145. The topological polar surface area (TPSA) is 55.4 Å². The third-order valence-corrected chi connectivity index (χ3v) is 3.29. The quantitative estimate of drug-likeness (QED) is 0.656. The molecule has 1 N–H and O–H groups in total. The normalized spacial score (nSPS) is 10.4. The minimum atomic E-state index is -0.500. The summed E-state index contributed by atoms with van der Waals surface area (Å²) in [6.07, 6.45) is -0.223. The molecule has 0 saturated carbocycles. The van der Waals surface area contributed by atoms with Gasteiger partial charge in [0.25, 0.3) is 0 Å². The number of ether oxygens (including phenoxy) is 1. The second kappa shape index (κ2) is 7.09. The lowest BCUT2D eigenvalue weighted by atomic mass is 10.1. The molecule has 0 aliphatic rings. The zero-order valence-electron chi connectivity index (χ0n) is 11.7. The van der Waals surface area contributed by atoms with Crippen molar-refractivity contribution in [2.24, 2.45) is 0 Å². The summed E-state index contributed by atoms with van der Waals surface area (Å²) in [5.41, 5.74) is 0.773. The standard InChI is InChI=1S/C16H16ClNO3/c1-2-21-15(20)9-12(19)10-18-14-8-4-6-11-5-3-7-13(17)16(11)14/h3-8,18H,2,9-10H2,1H3. The third kappa shape index (κ3) is 3.95. The Morgan fingerprint density at radius 1 is 1.19 bits per heavy atom. The van der Waals surface area contributed by atoms with Gasteiger partial charge in [0.15, 0.2) is 5.78 Å². The molecule has 0 aliphatic heterocycles. The summed E-state index contributed by atoms with van der Waals surface area (Å²) >= 11 is 6.20. The van der Waals surface area contributed by atoms with E-state index in [0.29, 0.717) is 5.02 Å². The molecule has 0 radical (unpaired) electrons. The van der Waals surface area contributed by atoms with Crippen molar-refractivity contribution in [2.75, 3.05) is 18.5 Å². The molecule has 4 nitrogen and oxygen atoms in total. The van der Waals surface area contributed by atoms with Gasteiger partial charge in [-0.25, -0.2) is 0 Å².